The Morgan fingerprint density at radius 2 is 1.95 bits per heavy atom. The quantitative estimate of drug-likeness (QED) is 0.880. The Bertz CT molecular complexity index is 689. The molecule has 9 heteroatoms. The lowest BCUT2D eigenvalue weighted by atomic mass is 10.2. The van der Waals surface area contributed by atoms with Crippen LogP contribution in [0.5, 0.6) is 0 Å². The third-order valence-electron chi connectivity index (χ3n) is 2.86. The van der Waals surface area contributed by atoms with Crippen molar-refractivity contribution in [1.29, 1.82) is 0 Å². The Morgan fingerprint density at radius 3 is 2.52 bits per heavy atom. The maximum absolute atomic E-state index is 11.8. The van der Waals surface area contributed by atoms with Crippen LogP contribution in [-0.2, 0) is 14.6 Å². The lowest BCUT2D eigenvalue weighted by Gasteiger charge is -2.10. The fourth-order valence-electron chi connectivity index (χ4n) is 1.84. The minimum atomic E-state index is -3.15. The van der Waals surface area contributed by atoms with Crippen LogP contribution in [-0.4, -0.2) is 38.0 Å². The van der Waals surface area contributed by atoms with Gasteiger partial charge in [-0.15, -0.1) is 0 Å². The number of hydrogen-bond donors (Lipinski definition) is 1. The number of carbonyl (C=O) groups excluding carboxylic acids is 2. The van der Waals surface area contributed by atoms with Crippen molar-refractivity contribution < 1.29 is 22.7 Å². The van der Waals surface area contributed by atoms with Gasteiger partial charge in [0.2, 0.25) is 0 Å². The number of rotatable bonds is 2. The highest BCUT2D eigenvalue weighted by Gasteiger charge is 2.31. The van der Waals surface area contributed by atoms with Crippen molar-refractivity contribution in [3.63, 3.8) is 0 Å². The zero-order valence-corrected chi connectivity index (χ0v) is 13.0. The van der Waals surface area contributed by atoms with Gasteiger partial charge in [0.15, 0.2) is 9.84 Å². The average Bonchev–Trinajstić information content (AvgIpc) is 2.71. The third-order valence-corrected chi connectivity index (χ3v) is 5.34. The first kappa shape index (κ1) is 16.1. The highest BCUT2D eigenvalue weighted by atomic mass is 35.5. The second kappa shape index (κ2) is 6.21. The first-order chi connectivity index (χ1) is 9.77. The summed E-state index contributed by atoms with van der Waals surface area (Å²) >= 11 is 11.5. The summed E-state index contributed by atoms with van der Waals surface area (Å²) in [5.74, 6) is -0.952. The largest absolute Gasteiger partial charge is 0.445 e. The van der Waals surface area contributed by atoms with Gasteiger partial charge in [0, 0.05) is 5.56 Å². The molecule has 1 aromatic carbocycles. The molecule has 2 rings (SSSR count). The van der Waals surface area contributed by atoms with Crippen LogP contribution < -0.4 is 5.32 Å². The summed E-state index contributed by atoms with van der Waals surface area (Å²) in [6.07, 6.45) is -1.48. The summed E-state index contributed by atoms with van der Waals surface area (Å²) in [7, 11) is -3.15. The summed E-state index contributed by atoms with van der Waals surface area (Å²) in [5, 5.41) is 2.46. The fourth-order valence-corrected chi connectivity index (χ4v) is 3.72. The SMILES string of the molecule is O=C(NC(=O)c1ccc(Cl)c(Cl)c1)O[C@H]1CCS(=O)(=O)C1. The van der Waals surface area contributed by atoms with E-state index >= 15 is 0 Å². The van der Waals surface area contributed by atoms with Gasteiger partial charge in [-0.3, -0.25) is 10.1 Å². The molecule has 1 saturated heterocycles. The van der Waals surface area contributed by atoms with Gasteiger partial charge < -0.3 is 4.74 Å². The standard InChI is InChI=1S/C12H11Cl2NO5S/c13-9-2-1-7(5-10(9)14)11(16)15-12(17)20-8-3-4-21(18,19)6-8/h1-2,5,8H,3-4,6H2,(H,15,16,17)/t8-/m0/s1. The number of amides is 2. The number of imide groups is 1. The monoisotopic (exact) mass is 351 g/mol. The van der Waals surface area contributed by atoms with Gasteiger partial charge in [0.1, 0.15) is 6.10 Å². The smallest absolute Gasteiger partial charge is 0.414 e. The van der Waals surface area contributed by atoms with E-state index in [0.29, 0.717) is 0 Å². The number of nitrogens with one attached hydrogen (secondary N) is 1. The Balaban J connectivity index is 1.93. The van der Waals surface area contributed by atoms with Gasteiger partial charge >= 0.3 is 6.09 Å². The lowest BCUT2D eigenvalue weighted by Crippen LogP contribution is -2.34. The number of alkyl carbamates (subject to hydrolysis) is 1. The maximum atomic E-state index is 11.8. The van der Waals surface area contributed by atoms with E-state index in [-0.39, 0.29) is 33.5 Å². The van der Waals surface area contributed by atoms with Crippen molar-refractivity contribution in [2.24, 2.45) is 0 Å². The van der Waals surface area contributed by atoms with Crippen LogP contribution in [0.3, 0.4) is 0 Å². The predicted octanol–water partition coefficient (Wildman–Crippen LogP) is 2.05. The second-order valence-electron chi connectivity index (χ2n) is 4.51. The normalized spacial score (nSPS) is 20.0. The summed E-state index contributed by atoms with van der Waals surface area (Å²) < 4.78 is 27.3. The van der Waals surface area contributed by atoms with Crippen LogP contribution in [0.15, 0.2) is 18.2 Å². The molecule has 2 amide bonds. The molecule has 0 bridgehead atoms. The molecule has 0 spiro atoms. The first-order valence-electron chi connectivity index (χ1n) is 5.94. The molecule has 1 aliphatic rings. The van der Waals surface area contributed by atoms with Crippen LogP contribution in [0.4, 0.5) is 4.79 Å². The van der Waals surface area contributed by atoms with E-state index in [4.69, 9.17) is 27.9 Å². The van der Waals surface area contributed by atoms with Crippen molar-refractivity contribution in [2.45, 2.75) is 12.5 Å². The second-order valence-corrected chi connectivity index (χ2v) is 7.56. The number of ether oxygens (including phenoxy) is 1. The van der Waals surface area contributed by atoms with Crippen molar-refractivity contribution >= 4 is 45.0 Å². The molecule has 0 aliphatic carbocycles. The van der Waals surface area contributed by atoms with E-state index in [0.717, 1.165) is 0 Å². The average molecular weight is 352 g/mol. The number of benzene rings is 1. The lowest BCUT2D eigenvalue weighted by molar-refractivity contribution is 0.0863. The predicted molar refractivity (Wildman–Crippen MR) is 77.5 cm³/mol. The summed E-state index contributed by atoms with van der Waals surface area (Å²) in [5.41, 5.74) is 0.139. The molecule has 1 aliphatic heterocycles. The van der Waals surface area contributed by atoms with Gasteiger partial charge in [0.05, 0.1) is 21.6 Å². The summed E-state index contributed by atoms with van der Waals surface area (Å²) in [6, 6.07) is 4.14. The van der Waals surface area contributed by atoms with E-state index in [1.807, 2.05) is 5.32 Å². The van der Waals surface area contributed by atoms with Crippen LogP contribution in [0.2, 0.25) is 10.0 Å². The molecule has 1 atom stereocenters. The van der Waals surface area contributed by atoms with Crippen molar-refractivity contribution in [3.05, 3.63) is 33.8 Å². The minimum Gasteiger partial charge on any atom is -0.445 e. The maximum Gasteiger partial charge on any atom is 0.414 e. The molecular formula is C12H11Cl2NO5S. The first-order valence-corrected chi connectivity index (χ1v) is 8.52. The third kappa shape index (κ3) is 4.33. The van der Waals surface area contributed by atoms with Crippen molar-refractivity contribution in [3.8, 4) is 0 Å². The number of carbonyl (C=O) groups is 2. The Hall–Kier alpha value is -1.31. The molecule has 0 unspecified atom stereocenters. The van der Waals surface area contributed by atoms with Gasteiger partial charge in [-0.05, 0) is 24.6 Å². The van der Waals surface area contributed by atoms with E-state index < -0.39 is 27.9 Å². The van der Waals surface area contributed by atoms with Crippen LogP contribution in [0.1, 0.15) is 16.8 Å². The molecular weight excluding hydrogens is 341 g/mol. The zero-order chi connectivity index (χ0) is 15.6. The van der Waals surface area contributed by atoms with E-state index in [2.05, 4.69) is 0 Å². The topological polar surface area (TPSA) is 89.5 Å². The molecule has 1 fully saturated rings. The molecule has 0 radical (unpaired) electrons. The van der Waals surface area contributed by atoms with Gasteiger partial charge in [-0.25, -0.2) is 13.2 Å². The minimum absolute atomic E-state index is 0.0221. The summed E-state index contributed by atoms with van der Waals surface area (Å²) in [4.78, 5) is 23.3. The molecule has 114 valence electrons. The van der Waals surface area contributed by atoms with Gasteiger partial charge in [-0.2, -0.15) is 0 Å². The van der Waals surface area contributed by atoms with E-state index in [1.165, 1.54) is 18.2 Å². The number of sulfone groups is 1. The zero-order valence-electron chi connectivity index (χ0n) is 10.6. The Labute approximate surface area is 131 Å². The molecule has 6 nitrogen and oxygen atoms in total. The molecule has 1 heterocycles. The van der Waals surface area contributed by atoms with E-state index in [9.17, 15) is 18.0 Å². The molecule has 1 N–H and O–H groups in total. The van der Waals surface area contributed by atoms with Crippen LogP contribution in [0.25, 0.3) is 0 Å². The molecule has 0 saturated carbocycles. The Kier molecular flexibility index (Phi) is 4.75. The molecule has 21 heavy (non-hydrogen) atoms. The van der Waals surface area contributed by atoms with E-state index in [1.54, 1.807) is 0 Å². The van der Waals surface area contributed by atoms with Crippen LogP contribution >= 0.6 is 23.2 Å². The summed E-state index contributed by atoms with van der Waals surface area (Å²) in [6.45, 7) is 0. The van der Waals surface area contributed by atoms with Crippen LogP contribution in [0, 0.1) is 0 Å². The van der Waals surface area contributed by atoms with Crippen molar-refractivity contribution in [1.82, 2.24) is 5.32 Å². The number of halogens is 2. The highest BCUT2D eigenvalue weighted by Crippen LogP contribution is 2.22. The highest BCUT2D eigenvalue weighted by molar-refractivity contribution is 7.91. The fraction of sp³-hybridized carbons (Fsp3) is 0.333. The number of hydrogen-bond acceptors (Lipinski definition) is 5. The Morgan fingerprint density at radius 1 is 1.24 bits per heavy atom. The molecule has 1 aromatic rings. The molecule has 0 aromatic heterocycles. The van der Waals surface area contributed by atoms with Gasteiger partial charge in [0.25, 0.3) is 5.91 Å². The van der Waals surface area contributed by atoms with Gasteiger partial charge in [-0.1, -0.05) is 23.2 Å². The van der Waals surface area contributed by atoms with Crippen molar-refractivity contribution in [2.75, 3.05) is 11.5 Å².